The lowest BCUT2D eigenvalue weighted by molar-refractivity contribution is -0.134. The molecule has 1 heterocycles. The van der Waals surface area contributed by atoms with Crippen LogP contribution in [-0.2, 0) is 9.59 Å². The monoisotopic (exact) mass is 318 g/mol. The van der Waals surface area contributed by atoms with Crippen LogP contribution in [0.4, 0.5) is 5.69 Å². The number of nitrogens with one attached hydrogen (secondary N) is 1. The minimum Gasteiger partial charge on any atom is -0.339 e. The minimum atomic E-state index is -0.0841. The Morgan fingerprint density at radius 3 is 2.77 bits per heavy atom. The highest BCUT2D eigenvalue weighted by atomic mass is 32.2. The van der Waals surface area contributed by atoms with Gasteiger partial charge in [0.2, 0.25) is 11.8 Å². The Morgan fingerprint density at radius 2 is 2.09 bits per heavy atom. The van der Waals surface area contributed by atoms with E-state index in [0.717, 1.165) is 23.5 Å². The van der Waals surface area contributed by atoms with Gasteiger partial charge in [0.25, 0.3) is 0 Å². The van der Waals surface area contributed by atoms with E-state index in [-0.39, 0.29) is 18.2 Å². The molecule has 0 aromatic heterocycles. The molecule has 3 rings (SSSR count). The fraction of sp³-hybridized carbons (Fsp3) is 0.529. The molecule has 118 valence electrons. The molecular weight excluding hydrogens is 296 g/mol. The number of benzene rings is 1. The summed E-state index contributed by atoms with van der Waals surface area (Å²) < 4.78 is 0. The third-order valence-corrected chi connectivity index (χ3v) is 5.47. The SMILES string of the molecule is CSc1ccccc1NC(=O)CCC(=O)N1C[C@@H]2CC[C@H]1C2. The minimum absolute atomic E-state index is 0.0841. The number of hydrogen-bond donors (Lipinski definition) is 1. The quantitative estimate of drug-likeness (QED) is 0.849. The van der Waals surface area contributed by atoms with E-state index in [2.05, 4.69) is 5.32 Å². The van der Waals surface area contributed by atoms with E-state index < -0.39 is 0 Å². The van der Waals surface area contributed by atoms with Gasteiger partial charge < -0.3 is 10.2 Å². The van der Waals surface area contributed by atoms with Crippen LogP contribution >= 0.6 is 11.8 Å². The average molecular weight is 318 g/mol. The van der Waals surface area contributed by atoms with Gasteiger partial charge in [-0.05, 0) is 43.6 Å². The largest absolute Gasteiger partial charge is 0.339 e. The number of amides is 2. The number of carbonyl (C=O) groups is 2. The van der Waals surface area contributed by atoms with Gasteiger partial charge in [0.15, 0.2) is 0 Å². The van der Waals surface area contributed by atoms with Crippen molar-refractivity contribution in [1.82, 2.24) is 4.90 Å². The second-order valence-electron chi connectivity index (χ2n) is 6.13. The molecule has 1 N–H and O–H groups in total. The van der Waals surface area contributed by atoms with Crippen molar-refractivity contribution in [1.29, 1.82) is 0 Å². The van der Waals surface area contributed by atoms with Gasteiger partial charge in [-0.25, -0.2) is 0 Å². The molecule has 2 atom stereocenters. The predicted molar refractivity (Wildman–Crippen MR) is 88.9 cm³/mol. The Morgan fingerprint density at radius 1 is 1.27 bits per heavy atom. The number of para-hydroxylation sites is 1. The Kier molecular flexibility index (Phi) is 4.71. The molecule has 0 spiro atoms. The highest BCUT2D eigenvalue weighted by molar-refractivity contribution is 7.98. The third kappa shape index (κ3) is 3.29. The fourth-order valence-corrected chi connectivity index (χ4v) is 4.11. The number of piperidine rings is 1. The topological polar surface area (TPSA) is 49.4 Å². The van der Waals surface area contributed by atoms with E-state index in [4.69, 9.17) is 0 Å². The van der Waals surface area contributed by atoms with Crippen molar-refractivity contribution in [2.24, 2.45) is 5.92 Å². The Labute approximate surface area is 135 Å². The Balaban J connectivity index is 1.49. The number of thioether (sulfide) groups is 1. The van der Waals surface area contributed by atoms with Crippen LogP contribution in [0.3, 0.4) is 0 Å². The van der Waals surface area contributed by atoms with E-state index in [1.165, 1.54) is 12.8 Å². The van der Waals surface area contributed by atoms with Gasteiger partial charge in [0.1, 0.15) is 0 Å². The Bertz CT molecular complexity index is 576. The van der Waals surface area contributed by atoms with Gasteiger partial charge in [-0.2, -0.15) is 0 Å². The molecule has 4 nitrogen and oxygen atoms in total. The lowest BCUT2D eigenvalue weighted by atomic mass is 10.1. The highest BCUT2D eigenvalue weighted by Gasteiger charge is 2.39. The van der Waals surface area contributed by atoms with Crippen LogP contribution in [-0.4, -0.2) is 35.6 Å². The standard InChI is InChI=1S/C17H22N2O2S/c1-22-15-5-3-2-4-14(15)18-16(20)8-9-17(21)19-11-12-6-7-13(19)10-12/h2-5,12-13H,6-11H2,1H3,(H,18,20)/t12-,13+/m1/s1. The molecule has 2 fully saturated rings. The van der Waals surface area contributed by atoms with Gasteiger partial charge in [0.05, 0.1) is 5.69 Å². The van der Waals surface area contributed by atoms with Crippen molar-refractivity contribution >= 4 is 29.3 Å². The second kappa shape index (κ2) is 6.73. The van der Waals surface area contributed by atoms with Gasteiger partial charge in [0, 0.05) is 30.3 Å². The smallest absolute Gasteiger partial charge is 0.224 e. The zero-order chi connectivity index (χ0) is 15.5. The van der Waals surface area contributed by atoms with Crippen LogP contribution in [0, 0.1) is 5.92 Å². The van der Waals surface area contributed by atoms with Crippen LogP contribution < -0.4 is 5.32 Å². The summed E-state index contributed by atoms with van der Waals surface area (Å²) >= 11 is 1.60. The number of fused-ring (bicyclic) bond motifs is 2. The van der Waals surface area contributed by atoms with E-state index in [9.17, 15) is 9.59 Å². The number of nitrogens with zero attached hydrogens (tertiary/aromatic N) is 1. The molecule has 1 aromatic carbocycles. The zero-order valence-electron chi connectivity index (χ0n) is 12.9. The summed E-state index contributed by atoms with van der Waals surface area (Å²) in [4.78, 5) is 27.4. The first kappa shape index (κ1) is 15.4. The summed E-state index contributed by atoms with van der Waals surface area (Å²) in [6.07, 6.45) is 6.13. The van der Waals surface area contributed by atoms with Gasteiger partial charge in [-0.15, -0.1) is 11.8 Å². The summed E-state index contributed by atoms with van der Waals surface area (Å²) in [5.74, 6) is 0.760. The molecule has 1 aromatic rings. The lowest BCUT2D eigenvalue weighted by Gasteiger charge is -2.27. The highest BCUT2D eigenvalue weighted by Crippen LogP contribution is 2.37. The zero-order valence-corrected chi connectivity index (χ0v) is 13.7. The summed E-state index contributed by atoms with van der Waals surface area (Å²) in [7, 11) is 0. The summed E-state index contributed by atoms with van der Waals surface area (Å²) in [5.41, 5.74) is 0.827. The first-order chi connectivity index (χ1) is 10.7. The molecule has 2 aliphatic rings. The average Bonchev–Trinajstić information content (AvgIpc) is 3.16. The van der Waals surface area contributed by atoms with Crippen LogP contribution in [0.5, 0.6) is 0 Å². The Hall–Kier alpha value is -1.49. The summed E-state index contributed by atoms with van der Waals surface area (Å²) in [5, 5.41) is 2.91. The molecule has 0 unspecified atom stereocenters. The van der Waals surface area contributed by atoms with Crippen molar-refractivity contribution in [3.05, 3.63) is 24.3 Å². The molecule has 0 radical (unpaired) electrons. The molecule has 1 saturated heterocycles. The maximum absolute atomic E-state index is 12.3. The fourth-order valence-electron chi connectivity index (χ4n) is 3.55. The predicted octanol–water partition coefficient (Wildman–Crippen LogP) is 3.14. The third-order valence-electron chi connectivity index (χ3n) is 4.68. The van der Waals surface area contributed by atoms with Crippen LogP contribution in [0.2, 0.25) is 0 Å². The van der Waals surface area contributed by atoms with Crippen molar-refractivity contribution in [3.63, 3.8) is 0 Å². The summed E-state index contributed by atoms with van der Waals surface area (Å²) in [6, 6.07) is 8.17. The molecule has 1 aliphatic heterocycles. The number of anilines is 1. The molecule has 1 saturated carbocycles. The number of carbonyl (C=O) groups excluding carboxylic acids is 2. The molecule has 2 amide bonds. The van der Waals surface area contributed by atoms with E-state index in [1.54, 1.807) is 11.8 Å². The first-order valence-corrected chi connectivity index (χ1v) is 9.12. The van der Waals surface area contributed by atoms with Crippen LogP contribution in [0.15, 0.2) is 29.2 Å². The first-order valence-electron chi connectivity index (χ1n) is 7.89. The van der Waals surface area contributed by atoms with Crippen molar-refractivity contribution in [2.45, 2.75) is 43.0 Å². The number of rotatable bonds is 5. The normalized spacial score (nSPS) is 22.9. The molecule has 2 bridgehead atoms. The summed E-state index contributed by atoms with van der Waals surface area (Å²) in [6.45, 7) is 0.903. The van der Waals surface area contributed by atoms with Crippen LogP contribution in [0.1, 0.15) is 32.1 Å². The van der Waals surface area contributed by atoms with Gasteiger partial charge >= 0.3 is 0 Å². The number of hydrogen-bond acceptors (Lipinski definition) is 3. The molecule has 1 aliphatic carbocycles. The molecular formula is C17H22N2O2S. The second-order valence-corrected chi connectivity index (χ2v) is 6.98. The van der Waals surface area contributed by atoms with E-state index >= 15 is 0 Å². The molecule has 5 heteroatoms. The number of likely N-dealkylation sites (tertiary alicyclic amines) is 1. The van der Waals surface area contributed by atoms with Crippen molar-refractivity contribution in [3.8, 4) is 0 Å². The maximum atomic E-state index is 12.3. The van der Waals surface area contributed by atoms with Crippen molar-refractivity contribution < 1.29 is 9.59 Å². The van der Waals surface area contributed by atoms with E-state index in [0.29, 0.717) is 18.4 Å². The maximum Gasteiger partial charge on any atom is 0.224 e. The lowest BCUT2D eigenvalue weighted by Crippen LogP contribution is -2.37. The van der Waals surface area contributed by atoms with Gasteiger partial charge in [-0.1, -0.05) is 12.1 Å². The molecule has 22 heavy (non-hydrogen) atoms. The van der Waals surface area contributed by atoms with Gasteiger partial charge in [-0.3, -0.25) is 9.59 Å². The van der Waals surface area contributed by atoms with Crippen LogP contribution in [0.25, 0.3) is 0 Å². The van der Waals surface area contributed by atoms with Crippen molar-refractivity contribution in [2.75, 3.05) is 18.1 Å². The van der Waals surface area contributed by atoms with E-state index in [1.807, 2.05) is 35.4 Å².